The van der Waals surface area contributed by atoms with Crippen molar-refractivity contribution in [2.24, 2.45) is 0 Å². The second-order valence-electron chi connectivity index (χ2n) is 6.76. The van der Waals surface area contributed by atoms with Gasteiger partial charge in [-0.05, 0) is 24.1 Å². The fourth-order valence-electron chi connectivity index (χ4n) is 3.51. The lowest BCUT2D eigenvalue weighted by Crippen LogP contribution is -2.15. The Hall–Kier alpha value is -3.59. The number of hydrogen-bond donors (Lipinski definition) is 0. The highest BCUT2D eigenvalue weighted by molar-refractivity contribution is 6.05. The zero-order valence-corrected chi connectivity index (χ0v) is 15.5. The predicted molar refractivity (Wildman–Crippen MR) is 111 cm³/mol. The van der Waals surface area contributed by atoms with Gasteiger partial charge in [0, 0.05) is 22.7 Å². The molecule has 0 aliphatic rings. The Morgan fingerprint density at radius 1 is 0.750 bits per heavy atom. The van der Waals surface area contributed by atoms with Crippen molar-refractivity contribution in [1.82, 2.24) is 4.98 Å². The fraction of sp³-hybridized carbons (Fsp3) is 0.0800. The van der Waals surface area contributed by atoms with Gasteiger partial charge in [-0.25, -0.2) is 0 Å². The van der Waals surface area contributed by atoms with E-state index in [1.54, 1.807) is 30.5 Å². The SMILES string of the molecule is CC(=O)c1ccc(C(=O)C(c2ccccc2)c2cccc3cccnc23)cc1. The highest BCUT2D eigenvalue weighted by Crippen LogP contribution is 2.32. The van der Waals surface area contributed by atoms with Crippen molar-refractivity contribution in [3.8, 4) is 0 Å². The summed E-state index contributed by atoms with van der Waals surface area (Å²) in [4.78, 5) is 29.7. The fourth-order valence-corrected chi connectivity index (χ4v) is 3.51. The van der Waals surface area contributed by atoms with E-state index in [0.29, 0.717) is 11.1 Å². The van der Waals surface area contributed by atoms with Crippen LogP contribution in [0.1, 0.15) is 44.7 Å². The van der Waals surface area contributed by atoms with E-state index in [4.69, 9.17) is 0 Å². The molecule has 3 heteroatoms. The third-order valence-corrected chi connectivity index (χ3v) is 4.95. The van der Waals surface area contributed by atoms with Crippen LogP contribution in [0.25, 0.3) is 10.9 Å². The van der Waals surface area contributed by atoms with Gasteiger partial charge in [-0.3, -0.25) is 14.6 Å². The summed E-state index contributed by atoms with van der Waals surface area (Å²) in [5.41, 5.74) is 3.80. The maximum Gasteiger partial charge on any atom is 0.174 e. The summed E-state index contributed by atoms with van der Waals surface area (Å²) in [5.74, 6) is -0.501. The molecule has 1 atom stereocenters. The summed E-state index contributed by atoms with van der Waals surface area (Å²) in [6, 6.07) is 26.4. The van der Waals surface area contributed by atoms with Crippen LogP contribution < -0.4 is 0 Å². The molecule has 0 saturated carbocycles. The van der Waals surface area contributed by atoms with Gasteiger partial charge in [0.2, 0.25) is 0 Å². The first-order valence-electron chi connectivity index (χ1n) is 9.19. The van der Waals surface area contributed by atoms with Gasteiger partial charge in [0.25, 0.3) is 0 Å². The number of pyridine rings is 1. The number of fused-ring (bicyclic) bond motifs is 1. The maximum atomic E-state index is 13.6. The largest absolute Gasteiger partial charge is 0.295 e. The quantitative estimate of drug-likeness (QED) is 0.442. The molecule has 0 spiro atoms. The van der Waals surface area contributed by atoms with E-state index in [1.807, 2.05) is 60.7 Å². The molecule has 4 aromatic rings. The van der Waals surface area contributed by atoms with Crippen LogP contribution in [-0.2, 0) is 0 Å². The number of para-hydroxylation sites is 1. The minimum Gasteiger partial charge on any atom is -0.295 e. The van der Waals surface area contributed by atoms with Crippen LogP contribution >= 0.6 is 0 Å². The molecule has 0 amide bonds. The summed E-state index contributed by atoms with van der Waals surface area (Å²) in [5, 5.41) is 1.00. The number of benzene rings is 3. The van der Waals surface area contributed by atoms with Crippen LogP contribution in [0.3, 0.4) is 0 Å². The Labute approximate surface area is 163 Å². The van der Waals surface area contributed by atoms with Crippen LogP contribution in [0, 0.1) is 0 Å². The van der Waals surface area contributed by atoms with Crippen LogP contribution in [-0.4, -0.2) is 16.6 Å². The van der Waals surface area contributed by atoms with E-state index < -0.39 is 5.92 Å². The number of hydrogen-bond acceptors (Lipinski definition) is 3. The molecule has 3 nitrogen and oxygen atoms in total. The molecule has 0 aliphatic carbocycles. The van der Waals surface area contributed by atoms with Crippen LogP contribution in [0.4, 0.5) is 0 Å². The maximum absolute atomic E-state index is 13.6. The van der Waals surface area contributed by atoms with Crippen molar-refractivity contribution < 1.29 is 9.59 Å². The first-order chi connectivity index (χ1) is 13.6. The van der Waals surface area contributed by atoms with Crippen molar-refractivity contribution in [2.45, 2.75) is 12.8 Å². The molecule has 3 aromatic carbocycles. The Balaban J connectivity index is 1.87. The Morgan fingerprint density at radius 3 is 2.14 bits per heavy atom. The molecule has 28 heavy (non-hydrogen) atoms. The number of carbonyl (C=O) groups is 2. The summed E-state index contributed by atoms with van der Waals surface area (Å²) in [6.07, 6.45) is 1.75. The minimum absolute atomic E-state index is 0.0144. The summed E-state index contributed by atoms with van der Waals surface area (Å²) < 4.78 is 0. The molecule has 1 heterocycles. The third-order valence-electron chi connectivity index (χ3n) is 4.95. The lowest BCUT2D eigenvalue weighted by atomic mass is 9.83. The van der Waals surface area contributed by atoms with Gasteiger partial charge in [-0.15, -0.1) is 0 Å². The first-order valence-corrected chi connectivity index (χ1v) is 9.19. The highest BCUT2D eigenvalue weighted by atomic mass is 16.1. The molecule has 0 aliphatic heterocycles. The number of Topliss-reactive ketones (excluding diaryl/α,β-unsaturated/α-hetero) is 2. The topological polar surface area (TPSA) is 47.0 Å². The van der Waals surface area contributed by atoms with Gasteiger partial charge in [-0.1, -0.05) is 78.9 Å². The van der Waals surface area contributed by atoms with Gasteiger partial charge >= 0.3 is 0 Å². The number of ketones is 2. The molecule has 4 rings (SSSR count). The molecule has 0 bridgehead atoms. The van der Waals surface area contributed by atoms with Crippen LogP contribution in [0.15, 0.2) is 91.1 Å². The minimum atomic E-state index is -0.469. The van der Waals surface area contributed by atoms with Gasteiger partial charge in [0.15, 0.2) is 11.6 Å². The summed E-state index contributed by atoms with van der Waals surface area (Å²) in [6.45, 7) is 1.52. The number of aromatic nitrogens is 1. The summed E-state index contributed by atoms with van der Waals surface area (Å²) >= 11 is 0. The van der Waals surface area contributed by atoms with Gasteiger partial charge in [-0.2, -0.15) is 0 Å². The second-order valence-corrected chi connectivity index (χ2v) is 6.76. The van der Waals surface area contributed by atoms with E-state index in [-0.39, 0.29) is 11.6 Å². The van der Waals surface area contributed by atoms with Gasteiger partial charge in [0.05, 0.1) is 11.4 Å². The van der Waals surface area contributed by atoms with E-state index in [2.05, 4.69) is 4.98 Å². The lowest BCUT2D eigenvalue weighted by Gasteiger charge is -2.19. The van der Waals surface area contributed by atoms with E-state index in [9.17, 15) is 9.59 Å². The van der Waals surface area contributed by atoms with E-state index in [0.717, 1.165) is 22.0 Å². The number of carbonyl (C=O) groups excluding carboxylic acids is 2. The molecule has 1 unspecified atom stereocenters. The average Bonchev–Trinajstić information content (AvgIpc) is 2.75. The number of rotatable bonds is 5. The standard InChI is InChI=1S/C25H19NO2/c1-17(27)18-12-14-21(15-13-18)25(28)23(19-7-3-2-4-8-19)22-11-5-9-20-10-6-16-26-24(20)22/h2-16,23H,1H3. The van der Waals surface area contributed by atoms with E-state index in [1.165, 1.54) is 6.92 Å². The Morgan fingerprint density at radius 2 is 1.43 bits per heavy atom. The first kappa shape index (κ1) is 17.8. The van der Waals surface area contributed by atoms with Crippen LogP contribution in [0.2, 0.25) is 0 Å². The zero-order chi connectivity index (χ0) is 19.5. The highest BCUT2D eigenvalue weighted by Gasteiger charge is 2.26. The van der Waals surface area contributed by atoms with E-state index >= 15 is 0 Å². The van der Waals surface area contributed by atoms with Crippen molar-refractivity contribution in [3.05, 3.63) is 113 Å². The zero-order valence-electron chi connectivity index (χ0n) is 15.5. The van der Waals surface area contributed by atoms with Crippen molar-refractivity contribution in [3.63, 3.8) is 0 Å². The van der Waals surface area contributed by atoms with Crippen LogP contribution in [0.5, 0.6) is 0 Å². The Bertz CT molecular complexity index is 1140. The number of nitrogens with zero attached hydrogens (tertiary/aromatic N) is 1. The van der Waals surface area contributed by atoms with Crippen molar-refractivity contribution in [2.75, 3.05) is 0 Å². The molecular formula is C25H19NO2. The average molecular weight is 365 g/mol. The lowest BCUT2D eigenvalue weighted by molar-refractivity contribution is 0.0971. The van der Waals surface area contributed by atoms with Crippen molar-refractivity contribution in [1.29, 1.82) is 0 Å². The molecule has 1 aromatic heterocycles. The molecule has 0 fully saturated rings. The molecule has 0 radical (unpaired) electrons. The van der Waals surface area contributed by atoms with Gasteiger partial charge in [0.1, 0.15) is 0 Å². The molecular weight excluding hydrogens is 346 g/mol. The molecule has 136 valence electrons. The summed E-state index contributed by atoms with van der Waals surface area (Å²) in [7, 11) is 0. The Kier molecular flexibility index (Phi) is 4.81. The molecule has 0 saturated heterocycles. The third kappa shape index (κ3) is 3.35. The monoisotopic (exact) mass is 365 g/mol. The molecule has 0 N–H and O–H groups in total. The van der Waals surface area contributed by atoms with Crippen molar-refractivity contribution >= 4 is 22.5 Å². The smallest absolute Gasteiger partial charge is 0.174 e. The van der Waals surface area contributed by atoms with Gasteiger partial charge < -0.3 is 0 Å². The normalized spacial score (nSPS) is 11.9. The second kappa shape index (κ2) is 7.57. The predicted octanol–water partition coefficient (Wildman–Crippen LogP) is 5.45.